The quantitative estimate of drug-likeness (QED) is 0.362. The van der Waals surface area contributed by atoms with Gasteiger partial charge in [0.1, 0.15) is 0 Å². The number of H-pyrrole nitrogens is 3. The third-order valence-electron chi connectivity index (χ3n) is 4.50. The molecule has 0 unspecified atom stereocenters. The predicted octanol–water partition coefficient (Wildman–Crippen LogP) is 7.47. The monoisotopic (exact) mass is 427 g/mol. The molecule has 0 amide bonds. The molecule has 0 saturated heterocycles. The number of nitrogens with one attached hydrogen (secondary N) is 3. The standard InChI is InChI=1S/3C6H9N.2C4H9.Al.H/c3*1-5-3-4-6(2)7-5;2*1-4(2)3;;/h3*3-4,7H,1-2H3;2*4H,1H2,2-3H3;;. The lowest BCUT2D eigenvalue weighted by Crippen LogP contribution is -1.99. The molecule has 3 heterocycles. The summed E-state index contributed by atoms with van der Waals surface area (Å²) in [5.41, 5.74) is 7.40. The van der Waals surface area contributed by atoms with Crippen LogP contribution >= 0.6 is 0 Å². The van der Waals surface area contributed by atoms with Gasteiger partial charge in [0.25, 0.3) is 0 Å². The van der Waals surface area contributed by atoms with Crippen molar-refractivity contribution in [3.63, 3.8) is 0 Å². The average molecular weight is 428 g/mol. The minimum absolute atomic E-state index is 0.316. The van der Waals surface area contributed by atoms with Gasteiger partial charge in [0.05, 0.1) is 0 Å². The zero-order valence-corrected chi connectivity index (χ0v) is 22.7. The molecule has 30 heavy (non-hydrogen) atoms. The maximum atomic E-state index is 3.14. The molecule has 0 atom stereocenters. The molecule has 0 fully saturated rings. The van der Waals surface area contributed by atoms with Gasteiger partial charge >= 0.3 is 0 Å². The van der Waals surface area contributed by atoms with Gasteiger partial charge in [-0.3, -0.25) is 0 Å². The molecule has 0 saturated carbocycles. The Bertz CT molecular complexity index is 629. The fourth-order valence-electron chi connectivity index (χ4n) is 2.87. The molecule has 3 nitrogen and oxygen atoms in total. The molecule has 0 aliphatic heterocycles. The van der Waals surface area contributed by atoms with Gasteiger partial charge in [0, 0.05) is 34.2 Å². The van der Waals surface area contributed by atoms with E-state index >= 15 is 0 Å². The first-order valence-corrected chi connectivity index (χ1v) is 13.4. The second kappa shape index (κ2) is 16.1. The van der Waals surface area contributed by atoms with Gasteiger partial charge in [-0.2, -0.15) is 0 Å². The van der Waals surface area contributed by atoms with E-state index in [1.807, 2.05) is 41.5 Å². The summed E-state index contributed by atoms with van der Waals surface area (Å²) in [6.45, 7) is 21.6. The second-order valence-electron chi connectivity index (χ2n) is 9.19. The lowest BCUT2D eigenvalue weighted by atomic mass is 10.3. The van der Waals surface area contributed by atoms with Crippen molar-refractivity contribution < 1.29 is 0 Å². The van der Waals surface area contributed by atoms with Crippen molar-refractivity contribution in [2.75, 3.05) is 0 Å². The van der Waals surface area contributed by atoms with Crippen molar-refractivity contribution in [2.45, 2.75) is 79.8 Å². The number of rotatable bonds is 4. The normalized spacial score (nSPS) is 9.87. The number of hydrogen-bond donors (Lipinski definition) is 3. The summed E-state index contributed by atoms with van der Waals surface area (Å²) in [6.07, 6.45) is 0. The van der Waals surface area contributed by atoms with Crippen molar-refractivity contribution in [1.82, 2.24) is 15.0 Å². The molecule has 3 N–H and O–H groups in total. The van der Waals surface area contributed by atoms with Gasteiger partial charge < -0.3 is 15.0 Å². The highest BCUT2D eigenvalue weighted by molar-refractivity contribution is 6.35. The van der Waals surface area contributed by atoms with E-state index in [0.717, 1.165) is 11.8 Å². The van der Waals surface area contributed by atoms with Gasteiger partial charge in [0.2, 0.25) is 15.2 Å². The Morgan fingerprint density at radius 3 is 0.800 bits per heavy atom. The van der Waals surface area contributed by atoms with E-state index in [1.54, 1.807) is 0 Å². The Hall–Kier alpha value is -1.63. The van der Waals surface area contributed by atoms with Gasteiger partial charge in [-0.25, -0.2) is 0 Å². The molecular weight excluding hydrogens is 381 g/mol. The van der Waals surface area contributed by atoms with E-state index < -0.39 is 0 Å². The van der Waals surface area contributed by atoms with Crippen LogP contribution in [0.25, 0.3) is 0 Å². The zero-order chi connectivity index (χ0) is 23.1. The van der Waals surface area contributed by atoms with Crippen LogP contribution in [-0.4, -0.2) is 30.2 Å². The molecule has 3 rings (SSSR count). The Balaban J connectivity index is 0.000000375. The minimum Gasteiger partial charge on any atom is -0.363 e. The lowest BCUT2D eigenvalue weighted by molar-refractivity contribution is 0.700. The van der Waals surface area contributed by atoms with Crippen molar-refractivity contribution in [3.8, 4) is 0 Å². The van der Waals surface area contributed by atoms with E-state index in [1.165, 1.54) is 44.7 Å². The topological polar surface area (TPSA) is 47.4 Å². The van der Waals surface area contributed by atoms with Gasteiger partial charge in [-0.05, 0) is 77.9 Å². The third kappa shape index (κ3) is 17.2. The van der Waals surface area contributed by atoms with Crippen LogP contribution in [0.4, 0.5) is 0 Å². The average Bonchev–Trinajstić information content (AvgIpc) is 3.31. The molecule has 0 bridgehead atoms. The summed E-state index contributed by atoms with van der Waals surface area (Å²) in [6, 6.07) is 12.4. The van der Waals surface area contributed by atoms with Gasteiger partial charge in [0.15, 0.2) is 0 Å². The summed E-state index contributed by atoms with van der Waals surface area (Å²) >= 11 is 0.316. The Morgan fingerprint density at radius 2 is 0.700 bits per heavy atom. The largest absolute Gasteiger partial charge is 0.363 e. The van der Waals surface area contributed by atoms with Crippen LogP contribution in [0.2, 0.25) is 10.6 Å². The van der Waals surface area contributed by atoms with E-state index in [2.05, 4.69) is 79.0 Å². The van der Waals surface area contributed by atoms with Crippen LogP contribution < -0.4 is 0 Å². The molecule has 0 spiro atoms. The van der Waals surface area contributed by atoms with Crippen molar-refractivity contribution in [2.24, 2.45) is 11.8 Å². The lowest BCUT2D eigenvalue weighted by Gasteiger charge is -2.03. The highest BCUT2D eigenvalue weighted by Gasteiger charge is 1.99. The molecule has 168 valence electrons. The first-order valence-electron chi connectivity index (χ1n) is 11.4. The van der Waals surface area contributed by atoms with E-state index in [4.69, 9.17) is 0 Å². The van der Waals surface area contributed by atoms with Crippen LogP contribution in [0.5, 0.6) is 0 Å². The smallest absolute Gasteiger partial charge is 0.237 e. The molecule has 0 aliphatic rings. The summed E-state index contributed by atoms with van der Waals surface area (Å²) < 4.78 is 0. The molecule has 0 aromatic carbocycles. The van der Waals surface area contributed by atoms with Crippen LogP contribution in [-0.2, 0) is 0 Å². The van der Waals surface area contributed by atoms with Gasteiger partial charge in [-0.15, -0.1) is 0 Å². The van der Waals surface area contributed by atoms with E-state index in [9.17, 15) is 0 Å². The number of aromatic amines is 3. The predicted molar refractivity (Wildman–Crippen MR) is 137 cm³/mol. The zero-order valence-electron chi connectivity index (χ0n) is 21.2. The minimum atomic E-state index is 0.316. The van der Waals surface area contributed by atoms with Crippen LogP contribution in [0.3, 0.4) is 0 Å². The molecular formula is C26H46AlN3. The number of aryl methyl sites for hydroxylation is 6. The molecule has 4 heteroatoms. The second-order valence-corrected chi connectivity index (χ2v) is 11.1. The first-order chi connectivity index (χ1) is 14.0. The highest BCUT2D eigenvalue weighted by atomic mass is 27.1. The van der Waals surface area contributed by atoms with E-state index in [-0.39, 0.29) is 0 Å². The van der Waals surface area contributed by atoms with Crippen LogP contribution in [0, 0.1) is 53.4 Å². The number of hydrogen-bond acceptors (Lipinski definition) is 0. The summed E-state index contributed by atoms with van der Waals surface area (Å²) in [5, 5.41) is 3.08. The molecule has 3 aromatic rings. The number of aromatic nitrogens is 3. The van der Waals surface area contributed by atoms with Crippen LogP contribution in [0.1, 0.15) is 61.9 Å². The fraction of sp³-hybridized carbons (Fsp3) is 0.538. The molecule has 0 radical (unpaired) electrons. The highest BCUT2D eigenvalue weighted by Crippen LogP contribution is 2.05. The fourth-order valence-corrected chi connectivity index (χ4v) is 4.74. The Morgan fingerprint density at radius 1 is 0.500 bits per heavy atom. The Labute approximate surface area is 192 Å². The van der Waals surface area contributed by atoms with Gasteiger partial charge in [-0.1, -0.05) is 50.1 Å². The van der Waals surface area contributed by atoms with E-state index in [0.29, 0.717) is 15.2 Å². The maximum absolute atomic E-state index is 3.14. The summed E-state index contributed by atoms with van der Waals surface area (Å²) in [4.78, 5) is 9.42. The Kier molecular flexibility index (Phi) is 15.2. The third-order valence-corrected chi connectivity index (χ3v) is 7.62. The summed E-state index contributed by atoms with van der Waals surface area (Å²) in [7, 11) is 0. The van der Waals surface area contributed by atoms with Crippen molar-refractivity contribution >= 4 is 15.2 Å². The SMILES string of the molecule is CC(C)[CH2][AlH][CH2]C(C)C.Cc1ccc(C)[nH]1.Cc1ccc(C)[nH]1.Cc1ccc(C)[nH]1. The van der Waals surface area contributed by atoms with Crippen molar-refractivity contribution in [1.29, 1.82) is 0 Å². The first kappa shape index (κ1) is 28.4. The summed E-state index contributed by atoms with van der Waals surface area (Å²) in [5.74, 6) is 1.91. The van der Waals surface area contributed by atoms with Crippen LogP contribution in [0.15, 0.2) is 36.4 Å². The maximum Gasteiger partial charge on any atom is 0.237 e. The molecule has 0 aliphatic carbocycles. The van der Waals surface area contributed by atoms with Crippen molar-refractivity contribution in [3.05, 3.63) is 70.6 Å². The molecule has 3 aromatic heterocycles.